The summed E-state index contributed by atoms with van der Waals surface area (Å²) >= 11 is 0. The van der Waals surface area contributed by atoms with Crippen molar-refractivity contribution in [1.29, 1.82) is 0 Å². The molecule has 0 saturated heterocycles. The van der Waals surface area contributed by atoms with Crippen molar-refractivity contribution >= 4 is 11.2 Å². The Morgan fingerprint density at radius 1 is 1.14 bits per heavy atom. The second-order valence-corrected chi connectivity index (χ2v) is 6.25. The zero-order chi connectivity index (χ0) is 19.8. The van der Waals surface area contributed by atoms with Crippen LogP contribution < -0.4 is 5.69 Å². The zero-order valence-corrected chi connectivity index (χ0v) is 14.7. The number of imidazole rings is 1. The Kier molecular flexibility index (Phi) is 4.42. The minimum Gasteiger partial charge on any atom is -0.284 e. The van der Waals surface area contributed by atoms with Gasteiger partial charge in [-0.05, 0) is 35.9 Å². The summed E-state index contributed by atoms with van der Waals surface area (Å²) in [7, 11) is 1.59. The lowest BCUT2D eigenvalue weighted by atomic mass is 10.0. The number of aromatic nitrogens is 5. The zero-order valence-electron chi connectivity index (χ0n) is 14.7. The average molecular weight is 385 g/mol. The van der Waals surface area contributed by atoms with E-state index in [1.807, 2.05) is 0 Å². The Labute approximate surface area is 156 Å². The van der Waals surface area contributed by atoms with Crippen molar-refractivity contribution in [3.8, 4) is 11.1 Å². The molecule has 3 aromatic heterocycles. The van der Waals surface area contributed by atoms with Crippen LogP contribution in [0.15, 0.2) is 53.6 Å². The predicted octanol–water partition coefficient (Wildman–Crippen LogP) is 3.32. The van der Waals surface area contributed by atoms with Crippen molar-refractivity contribution in [1.82, 2.24) is 24.3 Å². The van der Waals surface area contributed by atoms with Crippen molar-refractivity contribution in [2.45, 2.75) is 13.0 Å². The van der Waals surface area contributed by atoms with E-state index < -0.39 is 17.8 Å². The van der Waals surface area contributed by atoms with E-state index in [1.165, 1.54) is 27.6 Å². The van der Waals surface area contributed by atoms with Gasteiger partial charge in [-0.25, -0.2) is 22.9 Å². The molecule has 0 radical (unpaired) electrons. The van der Waals surface area contributed by atoms with Crippen LogP contribution in [-0.2, 0) is 13.6 Å². The molecule has 0 atom stereocenters. The molecule has 4 aromatic rings. The molecule has 0 unspecified atom stereocenters. The van der Waals surface area contributed by atoms with Crippen molar-refractivity contribution in [2.24, 2.45) is 7.05 Å². The molecule has 0 aliphatic rings. The number of rotatable bonds is 4. The van der Waals surface area contributed by atoms with Crippen LogP contribution in [-0.4, -0.2) is 24.3 Å². The van der Waals surface area contributed by atoms with Crippen LogP contribution in [0.5, 0.6) is 0 Å². The molecule has 0 N–H and O–H groups in total. The second kappa shape index (κ2) is 6.91. The highest BCUT2D eigenvalue weighted by atomic mass is 19.3. The standard InChI is InChI=1S/C19H14F3N5O/c1-26-18-16(27(19(26)28)10-13-3-2-6-24-25-13)8-12(9-23-18)11-4-5-15(20)14(7-11)17(21)22/h2-9,17H,10H2,1H3. The molecule has 9 heteroatoms. The summed E-state index contributed by atoms with van der Waals surface area (Å²) in [6.07, 6.45) is 0.0735. The van der Waals surface area contributed by atoms with Gasteiger partial charge in [0.25, 0.3) is 6.43 Å². The van der Waals surface area contributed by atoms with Gasteiger partial charge in [0.05, 0.1) is 23.3 Å². The van der Waals surface area contributed by atoms with Gasteiger partial charge in [-0.15, -0.1) is 0 Å². The van der Waals surface area contributed by atoms with Crippen molar-refractivity contribution in [3.05, 3.63) is 76.4 Å². The molecule has 142 valence electrons. The first-order valence-corrected chi connectivity index (χ1v) is 8.35. The summed E-state index contributed by atoms with van der Waals surface area (Å²) in [5, 5.41) is 7.79. The molecule has 0 amide bonds. The van der Waals surface area contributed by atoms with E-state index in [1.54, 1.807) is 25.2 Å². The molecule has 0 spiro atoms. The molecule has 0 saturated carbocycles. The van der Waals surface area contributed by atoms with E-state index in [0.717, 1.165) is 12.1 Å². The smallest absolute Gasteiger partial charge is 0.284 e. The highest BCUT2D eigenvalue weighted by molar-refractivity contribution is 5.79. The summed E-state index contributed by atoms with van der Waals surface area (Å²) in [6.45, 7) is 0.181. The number of fused-ring (bicyclic) bond motifs is 1. The molecule has 28 heavy (non-hydrogen) atoms. The molecule has 4 rings (SSSR count). The van der Waals surface area contributed by atoms with E-state index in [2.05, 4.69) is 15.2 Å². The van der Waals surface area contributed by atoms with E-state index >= 15 is 0 Å². The highest BCUT2D eigenvalue weighted by Crippen LogP contribution is 2.29. The SMILES string of the molecule is Cn1c(=O)n(Cc2cccnn2)c2cc(-c3ccc(F)c(C(F)F)c3)cnc21. The van der Waals surface area contributed by atoms with Gasteiger partial charge >= 0.3 is 5.69 Å². The summed E-state index contributed by atoms with van der Waals surface area (Å²) in [6, 6.07) is 8.62. The van der Waals surface area contributed by atoms with Gasteiger partial charge in [0.15, 0.2) is 5.65 Å². The van der Waals surface area contributed by atoms with Crippen LogP contribution in [0.4, 0.5) is 13.2 Å². The normalized spacial score (nSPS) is 11.5. The second-order valence-electron chi connectivity index (χ2n) is 6.25. The Morgan fingerprint density at radius 2 is 1.96 bits per heavy atom. The van der Waals surface area contributed by atoms with Crippen LogP contribution in [0.3, 0.4) is 0 Å². The Balaban J connectivity index is 1.86. The molecular weight excluding hydrogens is 371 g/mol. The van der Waals surface area contributed by atoms with E-state index in [0.29, 0.717) is 28.0 Å². The van der Waals surface area contributed by atoms with Crippen LogP contribution in [0.1, 0.15) is 17.7 Å². The Bertz CT molecular complexity index is 1220. The maximum absolute atomic E-state index is 13.6. The first kappa shape index (κ1) is 17.9. The number of hydrogen-bond donors (Lipinski definition) is 0. The van der Waals surface area contributed by atoms with E-state index in [9.17, 15) is 18.0 Å². The monoisotopic (exact) mass is 385 g/mol. The first-order valence-electron chi connectivity index (χ1n) is 8.35. The molecule has 1 aromatic carbocycles. The van der Waals surface area contributed by atoms with Crippen molar-refractivity contribution in [2.75, 3.05) is 0 Å². The number of nitrogens with zero attached hydrogens (tertiary/aromatic N) is 5. The fourth-order valence-electron chi connectivity index (χ4n) is 3.06. The van der Waals surface area contributed by atoms with Gasteiger partial charge < -0.3 is 0 Å². The fourth-order valence-corrected chi connectivity index (χ4v) is 3.06. The number of halogens is 3. The molecule has 6 nitrogen and oxygen atoms in total. The van der Waals surface area contributed by atoms with Crippen LogP contribution >= 0.6 is 0 Å². The van der Waals surface area contributed by atoms with Gasteiger partial charge in [-0.3, -0.25) is 9.13 Å². The fraction of sp³-hybridized carbons (Fsp3) is 0.158. The summed E-state index contributed by atoms with van der Waals surface area (Å²) in [5.74, 6) is -0.966. The Hall–Kier alpha value is -3.49. The molecule has 0 fully saturated rings. The van der Waals surface area contributed by atoms with Crippen molar-refractivity contribution < 1.29 is 13.2 Å². The summed E-state index contributed by atoms with van der Waals surface area (Å²) < 4.78 is 42.5. The van der Waals surface area contributed by atoms with Crippen molar-refractivity contribution in [3.63, 3.8) is 0 Å². The number of aryl methyl sites for hydroxylation is 1. The lowest BCUT2D eigenvalue weighted by Gasteiger charge is -2.07. The molecular formula is C19H14F3N5O. The van der Waals surface area contributed by atoms with Crippen LogP contribution in [0, 0.1) is 5.82 Å². The molecule has 3 heterocycles. The van der Waals surface area contributed by atoms with Gasteiger partial charge in [0, 0.05) is 25.0 Å². The first-order chi connectivity index (χ1) is 13.5. The van der Waals surface area contributed by atoms with Gasteiger partial charge in [0.1, 0.15) is 5.82 Å². The lowest BCUT2D eigenvalue weighted by Crippen LogP contribution is -2.23. The van der Waals surface area contributed by atoms with E-state index in [4.69, 9.17) is 0 Å². The third-order valence-corrected chi connectivity index (χ3v) is 4.49. The lowest BCUT2D eigenvalue weighted by molar-refractivity contribution is 0.146. The summed E-state index contributed by atoms with van der Waals surface area (Å²) in [5.41, 5.74) is 1.44. The quantitative estimate of drug-likeness (QED) is 0.541. The largest absolute Gasteiger partial charge is 0.330 e. The number of hydrogen-bond acceptors (Lipinski definition) is 4. The third-order valence-electron chi connectivity index (χ3n) is 4.49. The molecule has 0 bridgehead atoms. The Morgan fingerprint density at radius 3 is 2.68 bits per heavy atom. The van der Waals surface area contributed by atoms with Gasteiger partial charge in [-0.1, -0.05) is 6.07 Å². The number of pyridine rings is 1. The van der Waals surface area contributed by atoms with Crippen LogP contribution in [0.2, 0.25) is 0 Å². The topological polar surface area (TPSA) is 65.6 Å². The predicted molar refractivity (Wildman–Crippen MR) is 96.5 cm³/mol. The average Bonchev–Trinajstić information content (AvgIpc) is 2.93. The minimum absolute atomic E-state index is 0.181. The molecule has 0 aliphatic heterocycles. The van der Waals surface area contributed by atoms with E-state index in [-0.39, 0.29) is 12.2 Å². The summed E-state index contributed by atoms with van der Waals surface area (Å²) in [4.78, 5) is 16.9. The van der Waals surface area contributed by atoms with Crippen LogP contribution in [0.25, 0.3) is 22.3 Å². The molecule has 0 aliphatic carbocycles. The highest BCUT2D eigenvalue weighted by Gasteiger charge is 2.17. The maximum atomic E-state index is 13.6. The van der Waals surface area contributed by atoms with Gasteiger partial charge in [-0.2, -0.15) is 10.2 Å². The maximum Gasteiger partial charge on any atom is 0.330 e. The minimum atomic E-state index is -2.93. The third kappa shape index (κ3) is 3.04. The van der Waals surface area contributed by atoms with Gasteiger partial charge in [0.2, 0.25) is 0 Å². The number of benzene rings is 1. The number of alkyl halides is 2.